The Morgan fingerprint density at radius 2 is 1.77 bits per heavy atom. The van der Waals surface area contributed by atoms with Crippen LogP contribution in [0.25, 0.3) is 0 Å². The van der Waals surface area contributed by atoms with Crippen molar-refractivity contribution < 1.29 is 14.6 Å². The minimum Gasteiger partial charge on any atom is -0.400 e. The van der Waals surface area contributed by atoms with Crippen molar-refractivity contribution in [2.75, 3.05) is 34.4 Å². The van der Waals surface area contributed by atoms with Crippen LogP contribution in [-0.2, 0) is 9.53 Å². The lowest BCUT2D eigenvalue weighted by Gasteiger charge is -2.43. The minimum atomic E-state index is -0.432. The van der Waals surface area contributed by atoms with Crippen LogP contribution < -0.4 is 5.32 Å². The monoisotopic (exact) mass is 318 g/mol. The van der Waals surface area contributed by atoms with Gasteiger partial charge >= 0.3 is 0 Å². The summed E-state index contributed by atoms with van der Waals surface area (Å²) < 4.78 is 5.22. The molecule has 1 aliphatic heterocycles. The molecule has 0 unspecified atom stereocenters. The quantitative estimate of drug-likeness (QED) is 0.816. The fraction of sp³-hybridized carbons (Fsp3) is 0.941. The van der Waals surface area contributed by atoms with Crippen molar-refractivity contribution in [3.05, 3.63) is 0 Å². The third kappa shape index (κ3) is 5.52. The Bertz CT molecular complexity index is 304. The van der Waals surface area contributed by atoms with Gasteiger partial charge in [0.25, 0.3) is 0 Å². The number of hydrogen-bond acceptors (Lipinski definition) is 4. The number of rotatable bonds is 5. The second kappa shape index (κ2) is 11.0. The minimum absolute atomic E-state index is 0.224. The molecule has 134 valence electrons. The molecule has 0 aromatic rings. The normalized spacial score (nSPS) is 18.1. The first-order chi connectivity index (χ1) is 10.3. The lowest BCUT2D eigenvalue weighted by molar-refractivity contribution is -0.146. The van der Waals surface area contributed by atoms with Gasteiger partial charge in [0.05, 0.1) is 18.1 Å². The number of likely N-dealkylation sites (tertiary alicyclic amines) is 1. The average Bonchev–Trinajstić information content (AvgIpc) is 2.98. The van der Waals surface area contributed by atoms with Crippen LogP contribution in [0.2, 0.25) is 0 Å². The van der Waals surface area contributed by atoms with E-state index in [4.69, 9.17) is 9.84 Å². The van der Waals surface area contributed by atoms with E-state index in [1.54, 1.807) is 7.11 Å². The molecule has 5 heteroatoms. The summed E-state index contributed by atoms with van der Waals surface area (Å²) in [6.45, 7) is 13.7. The van der Waals surface area contributed by atoms with Crippen molar-refractivity contribution in [3.8, 4) is 0 Å². The van der Waals surface area contributed by atoms with Crippen LogP contribution in [0.4, 0.5) is 0 Å². The van der Waals surface area contributed by atoms with Gasteiger partial charge in [0.1, 0.15) is 0 Å². The zero-order chi connectivity index (χ0) is 18.0. The van der Waals surface area contributed by atoms with Gasteiger partial charge < -0.3 is 20.1 Å². The Morgan fingerprint density at radius 1 is 1.27 bits per heavy atom. The zero-order valence-electron chi connectivity index (χ0n) is 16.1. The topological polar surface area (TPSA) is 61.8 Å². The van der Waals surface area contributed by atoms with Gasteiger partial charge in [-0.25, -0.2) is 0 Å². The number of carbonyl (C=O) groups is 1. The number of aliphatic hydroxyl groups excluding tert-OH is 1. The van der Waals surface area contributed by atoms with Crippen molar-refractivity contribution in [2.24, 2.45) is 5.41 Å². The summed E-state index contributed by atoms with van der Waals surface area (Å²) in [4.78, 5) is 14.8. The molecule has 5 nitrogen and oxygen atoms in total. The van der Waals surface area contributed by atoms with E-state index < -0.39 is 5.41 Å². The number of hydrogen-bond donors (Lipinski definition) is 2. The molecule has 0 aromatic heterocycles. The maximum Gasteiger partial charge on any atom is 0.230 e. The van der Waals surface area contributed by atoms with Gasteiger partial charge in [0, 0.05) is 26.3 Å². The van der Waals surface area contributed by atoms with Crippen LogP contribution >= 0.6 is 0 Å². The summed E-state index contributed by atoms with van der Waals surface area (Å²) in [5.41, 5.74) is -0.664. The molecule has 1 aliphatic rings. The zero-order valence-corrected chi connectivity index (χ0v) is 16.1. The first-order valence-electron chi connectivity index (χ1n) is 8.21. The second-order valence-electron chi connectivity index (χ2n) is 6.25. The highest BCUT2D eigenvalue weighted by Gasteiger charge is 2.46. The van der Waals surface area contributed by atoms with Crippen LogP contribution in [-0.4, -0.2) is 61.9 Å². The van der Waals surface area contributed by atoms with Gasteiger partial charge in [0.15, 0.2) is 0 Å². The highest BCUT2D eigenvalue weighted by atomic mass is 16.5. The van der Waals surface area contributed by atoms with Gasteiger partial charge in [-0.3, -0.25) is 4.79 Å². The molecule has 0 radical (unpaired) electrons. The Labute approximate surface area is 137 Å². The Kier molecular flexibility index (Phi) is 11.8. The molecule has 0 aromatic carbocycles. The molecule has 0 spiro atoms. The second-order valence-corrected chi connectivity index (χ2v) is 6.25. The Hall–Kier alpha value is -0.650. The van der Waals surface area contributed by atoms with Crippen molar-refractivity contribution in [1.29, 1.82) is 0 Å². The first-order valence-corrected chi connectivity index (χ1v) is 8.21. The predicted octanol–water partition coefficient (Wildman–Crippen LogP) is 2.28. The molecule has 2 N–H and O–H groups in total. The number of aliphatic hydroxyl groups is 1. The SMILES string of the molecule is CC.CNC(C)(C)C(C)(C)C(=O)N1CCC[C@H]1COC.CO. The standard InChI is InChI=1S/C14H28N2O2.C2H6.CH4O/c1-13(2,14(3,4)15-5)12(17)16-9-7-8-11(16)10-18-6;2*1-2/h11,15H,7-10H2,1-6H3;1-2H3;2H,1H3/t11-;;/m0../s1. The van der Waals surface area contributed by atoms with Crippen LogP contribution in [0.3, 0.4) is 0 Å². The van der Waals surface area contributed by atoms with E-state index in [0.29, 0.717) is 6.61 Å². The summed E-state index contributed by atoms with van der Waals surface area (Å²) in [5.74, 6) is 0.224. The fourth-order valence-electron chi connectivity index (χ4n) is 2.41. The van der Waals surface area contributed by atoms with Gasteiger partial charge in [-0.2, -0.15) is 0 Å². The van der Waals surface area contributed by atoms with E-state index in [2.05, 4.69) is 19.2 Å². The molecule has 1 heterocycles. The lowest BCUT2D eigenvalue weighted by Crippen LogP contribution is -2.58. The summed E-state index contributed by atoms with van der Waals surface area (Å²) in [6, 6.07) is 0.245. The third-order valence-electron chi connectivity index (χ3n) is 4.72. The van der Waals surface area contributed by atoms with Crippen LogP contribution in [0, 0.1) is 5.41 Å². The smallest absolute Gasteiger partial charge is 0.230 e. The molecule has 0 aliphatic carbocycles. The van der Waals surface area contributed by atoms with Crippen molar-refractivity contribution in [2.45, 2.75) is 66.0 Å². The van der Waals surface area contributed by atoms with E-state index in [9.17, 15) is 4.79 Å². The maximum absolute atomic E-state index is 12.8. The molecule has 1 rings (SSSR count). The summed E-state index contributed by atoms with van der Waals surface area (Å²) in [6.07, 6.45) is 2.13. The molecule has 1 amide bonds. The van der Waals surface area contributed by atoms with Crippen molar-refractivity contribution in [3.63, 3.8) is 0 Å². The predicted molar refractivity (Wildman–Crippen MR) is 93.0 cm³/mol. The molecular weight excluding hydrogens is 280 g/mol. The molecule has 22 heavy (non-hydrogen) atoms. The average molecular weight is 319 g/mol. The largest absolute Gasteiger partial charge is 0.400 e. The van der Waals surface area contributed by atoms with E-state index in [-0.39, 0.29) is 17.5 Å². The lowest BCUT2D eigenvalue weighted by atomic mass is 9.73. The Morgan fingerprint density at radius 3 is 2.18 bits per heavy atom. The number of methoxy groups -OCH3 is 1. The van der Waals surface area contributed by atoms with E-state index in [0.717, 1.165) is 26.5 Å². The molecule has 0 bridgehead atoms. The number of carbonyl (C=O) groups excluding carboxylic acids is 1. The number of ether oxygens (including phenoxy) is 1. The summed E-state index contributed by atoms with van der Waals surface area (Å²) >= 11 is 0. The van der Waals surface area contributed by atoms with Gasteiger partial charge in [-0.1, -0.05) is 13.8 Å². The summed E-state index contributed by atoms with van der Waals surface area (Å²) in [5, 5.41) is 10.3. The number of amides is 1. The molecule has 1 saturated heterocycles. The van der Waals surface area contributed by atoms with Crippen LogP contribution in [0.1, 0.15) is 54.4 Å². The molecule has 1 atom stereocenters. The first kappa shape index (κ1) is 23.6. The van der Waals surface area contributed by atoms with E-state index >= 15 is 0 Å². The van der Waals surface area contributed by atoms with Crippen LogP contribution in [0.5, 0.6) is 0 Å². The van der Waals surface area contributed by atoms with Crippen molar-refractivity contribution in [1.82, 2.24) is 10.2 Å². The van der Waals surface area contributed by atoms with Gasteiger partial charge in [-0.15, -0.1) is 0 Å². The number of nitrogens with one attached hydrogen (secondary N) is 1. The van der Waals surface area contributed by atoms with E-state index in [1.165, 1.54) is 0 Å². The fourth-order valence-corrected chi connectivity index (χ4v) is 2.41. The van der Waals surface area contributed by atoms with E-state index in [1.807, 2.05) is 39.6 Å². The highest BCUT2D eigenvalue weighted by molar-refractivity contribution is 5.84. The Balaban J connectivity index is 0. The molecule has 1 fully saturated rings. The number of nitrogens with zero attached hydrogens (tertiary/aromatic N) is 1. The molecular formula is C17H38N2O3. The van der Waals surface area contributed by atoms with Crippen LogP contribution in [0.15, 0.2) is 0 Å². The summed E-state index contributed by atoms with van der Waals surface area (Å²) in [7, 11) is 4.61. The van der Waals surface area contributed by atoms with Gasteiger partial charge in [-0.05, 0) is 47.6 Å². The highest BCUT2D eigenvalue weighted by Crippen LogP contribution is 2.34. The third-order valence-corrected chi connectivity index (χ3v) is 4.72. The van der Waals surface area contributed by atoms with Crippen molar-refractivity contribution >= 4 is 5.91 Å². The maximum atomic E-state index is 12.8. The molecule has 0 saturated carbocycles. The van der Waals surface area contributed by atoms with Gasteiger partial charge in [0.2, 0.25) is 5.91 Å².